The summed E-state index contributed by atoms with van der Waals surface area (Å²) in [6.45, 7) is 2.27. The molecule has 1 aliphatic heterocycles. The molecule has 4 rings (SSSR count). The average Bonchev–Trinajstić information content (AvgIpc) is 2.99. The molecule has 1 amide bonds. The summed E-state index contributed by atoms with van der Waals surface area (Å²) in [7, 11) is 0. The van der Waals surface area contributed by atoms with Gasteiger partial charge >= 0.3 is 0 Å². The van der Waals surface area contributed by atoms with Crippen molar-refractivity contribution in [2.75, 3.05) is 13.1 Å². The van der Waals surface area contributed by atoms with E-state index in [2.05, 4.69) is 24.3 Å². The maximum absolute atomic E-state index is 12.7. The highest BCUT2D eigenvalue weighted by atomic mass is 32.1. The van der Waals surface area contributed by atoms with Gasteiger partial charge in [-0.1, -0.05) is 43.2 Å². The maximum atomic E-state index is 12.7. The molecule has 2 heterocycles. The number of hydrogen-bond acceptors (Lipinski definition) is 3. The Hall–Kier alpha value is -2.33. The van der Waals surface area contributed by atoms with Crippen LogP contribution in [0.2, 0.25) is 0 Å². The topological polar surface area (TPSA) is 29.5 Å². The van der Waals surface area contributed by atoms with E-state index in [-0.39, 0.29) is 5.91 Å². The first-order valence-corrected chi connectivity index (χ1v) is 10.2. The fourth-order valence-corrected chi connectivity index (χ4v) is 4.28. The predicted octanol–water partition coefficient (Wildman–Crippen LogP) is 5.50. The highest BCUT2D eigenvalue weighted by molar-refractivity contribution is 7.12. The molecule has 134 valence electrons. The summed E-state index contributed by atoms with van der Waals surface area (Å²) >= 11 is 1.52. The molecule has 26 heavy (non-hydrogen) atoms. The van der Waals surface area contributed by atoms with Gasteiger partial charge in [0.25, 0.3) is 5.91 Å². The Morgan fingerprint density at radius 3 is 2.54 bits per heavy atom. The van der Waals surface area contributed by atoms with Crippen molar-refractivity contribution < 1.29 is 9.53 Å². The van der Waals surface area contributed by atoms with Crippen LogP contribution in [0.5, 0.6) is 5.75 Å². The molecule has 3 aromatic rings. The second kappa shape index (κ2) is 7.92. The molecule has 0 N–H and O–H groups in total. The first kappa shape index (κ1) is 17.1. The number of ether oxygens (including phenoxy) is 1. The van der Waals surface area contributed by atoms with E-state index in [9.17, 15) is 4.79 Å². The van der Waals surface area contributed by atoms with E-state index in [1.165, 1.54) is 35.0 Å². The van der Waals surface area contributed by atoms with Crippen LogP contribution < -0.4 is 4.74 Å². The quantitative estimate of drug-likeness (QED) is 0.611. The fraction of sp³-hybridized carbons (Fsp3) is 0.318. The molecule has 0 spiro atoms. The molecular weight excluding hydrogens is 342 g/mol. The lowest BCUT2D eigenvalue weighted by atomic mass is 10.1. The van der Waals surface area contributed by atoms with Gasteiger partial charge in [0.15, 0.2) is 0 Å². The summed E-state index contributed by atoms with van der Waals surface area (Å²) in [4.78, 5) is 15.5. The Balaban J connectivity index is 1.40. The van der Waals surface area contributed by atoms with Gasteiger partial charge in [-0.05, 0) is 47.2 Å². The zero-order chi connectivity index (χ0) is 17.8. The van der Waals surface area contributed by atoms with Crippen molar-refractivity contribution in [2.45, 2.75) is 32.3 Å². The van der Waals surface area contributed by atoms with Gasteiger partial charge in [-0.2, -0.15) is 0 Å². The number of carbonyl (C=O) groups is 1. The molecule has 1 aromatic heterocycles. The summed E-state index contributed by atoms with van der Waals surface area (Å²) in [6.07, 6.45) is 4.71. The summed E-state index contributed by atoms with van der Waals surface area (Å²) < 4.78 is 5.94. The number of nitrogens with zero attached hydrogens (tertiary/aromatic N) is 1. The van der Waals surface area contributed by atoms with Crippen molar-refractivity contribution >= 4 is 28.0 Å². The standard InChI is InChI=1S/C22H23NO2S/c24-22(23-11-5-1-2-6-12-23)21-13-17(16-26-21)15-25-20-10-9-18-7-3-4-8-19(18)14-20/h3-4,7-10,13-14,16H,1-2,5-6,11-12,15H2. The van der Waals surface area contributed by atoms with E-state index >= 15 is 0 Å². The van der Waals surface area contributed by atoms with Crippen molar-refractivity contribution in [1.82, 2.24) is 4.90 Å². The fourth-order valence-electron chi connectivity index (χ4n) is 3.42. The summed E-state index contributed by atoms with van der Waals surface area (Å²) in [5, 5.41) is 4.42. The van der Waals surface area contributed by atoms with Gasteiger partial charge in [0, 0.05) is 18.7 Å². The minimum absolute atomic E-state index is 0.175. The Bertz CT molecular complexity index is 894. The molecule has 4 heteroatoms. The average molecular weight is 365 g/mol. The first-order chi connectivity index (χ1) is 12.8. The lowest BCUT2D eigenvalue weighted by Crippen LogP contribution is -2.31. The van der Waals surface area contributed by atoms with Crippen LogP contribution in [0.3, 0.4) is 0 Å². The number of fused-ring (bicyclic) bond motifs is 1. The van der Waals surface area contributed by atoms with Crippen LogP contribution in [0, 0.1) is 0 Å². The Morgan fingerprint density at radius 1 is 0.962 bits per heavy atom. The minimum atomic E-state index is 0.175. The molecular formula is C22H23NO2S. The molecule has 0 unspecified atom stereocenters. The second-order valence-electron chi connectivity index (χ2n) is 6.82. The molecule has 2 aromatic carbocycles. The third kappa shape index (κ3) is 3.91. The number of carbonyl (C=O) groups excluding carboxylic acids is 1. The number of hydrogen-bond donors (Lipinski definition) is 0. The van der Waals surface area contributed by atoms with E-state index in [0.717, 1.165) is 42.1 Å². The lowest BCUT2D eigenvalue weighted by Gasteiger charge is -2.19. The van der Waals surface area contributed by atoms with Gasteiger partial charge in [-0.25, -0.2) is 0 Å². The van der Waals surface area contributed by atoms with Gasteiger partial charge in [0.2, 0.25) is 0 Å². The molecule has 0 saturated carbocycles. The summed E-state index contributed by atoms with van der Waals surface area (Å²) in [5.41, 5.74) is 1.06. The van der Waals surface area contributed by atoms with Crippen molar-refractivity contribution in [1.29, 1.82) is 0 Å². The van der Waals surface area contributed by atoms with Gasteiger partial charge < -0.3 is 9.64 Å². The van der Waals surface area contributed by atoms with Gasteiger partial charge in [0.1, 0.15) is 12.4 Å². The number of rotatable bonds is 4. The van der Waals surface area contributed by atoms with Crippen LogP contribution in [-0.2, 0) is 6.61 Å². The van der Waals surface area contributed by atoms with Crippen molar-refractivity contribution in [3.63, 3.8) is 0 Å². The van der Waals surface area contributed by atoms with E-state index < -0.39 is 0 Å². The van der Waals surface area contributed by atoms with E-state index in [1.807, 2.05) is 34.5 Å². The second-order valence-corrected chi connectivity index (χ2v) is 7.73. The molecule has 0 atom stereocenters. The number of benzene rings is 2. The summed E-state index contributed by atoms with van der Waals surface area (Å²) in [5.74, 6) is 1.03. The largest absolute Gasteiger partial charge is 0.489 e. The number of likely N-dealkylation sites (tertiary alicyclic amines) is 1. The minimum Gasteiger partial charge on any atom is -0.489 e. The first-order valence-electron chi connectivity index (χ1n) is 9.28. The zero-order valence-electron chi connectivity index (χ0n) is 14.8. The normalized spacial score (nSPS) is 15.0. The monoisotopic (exact) mass is 365 g/mol. The number of amides is 1. The van der Waals surface area contributed by atoms with Gasteiger partial charge in [-0.3, -0.25) is 4.79 Å². The molecule has 1 fully saturated rings. The van der Waals surface area contributed by atoms with E-state index in [1.54, 1.807) is 0 Å². The molecule has 0 radical (unpaired) electrons. The van der Waals surface area contributed by atoms with Gasteiger partial charge in [0.05, 0.1) is 4.88 Å². The van der Waals surface area contributed by atoms with Crippen LogP contribution in [0.25, 0.3) is 10.8 Å². The van der Waals surface area contributed by atoms with Crippen molar-refractivity contribution in [3.8, 4) is 5.75 Å². The molecule has 1 saturated heterocycles. The summed E-state index contributed by atoms with van der Waals surface area (Å²) in [6, 6.07) is 16.4. The molecule has 0 bridgehead atoms. The van der Waals surface area contributed by atoms with E-state index in [4.69, 9.17) is 4.74 Å². The third-order valence-electron chi connectivity index (χ3n) is 4.88. The highest BCUT2D eigenvalue weighted by Gasteiger charge is 2.19. The van der Waals surface area contributed by atoms with Crippen LogP contribution in [0.4, 0.5) is 0 Å². The molecule has 0 aliphatic carbocycles. The Labute approximate surface area is 158 Å². The number of thiophene rings is 1. The molecule has 3 nitrogen and oxygen atoms in total. The van der Waals surface area contributed by atoms with E-state index in [0.29, 0.717) is 6.61 Å². The van der Waals surface area contributed by atoms with Crippen molar-refractivity contribution in [2.24, 2.45) is 0 Å². The van der Waals surface area contributed by atoms with Crippen molar-refractivity contribution in [3.05, 3.63) is 64.4 Å². The van der Waals surface area contributed by atoms with Crippen LogP contribution in [0.15, 0.2) is 53.9 Å². The Morgan fingerprint density at radius 2 is 1.73 bits per heavy atom. The maximum Gasteiger partial charge on any atom is 0.263 e. The third-order valence-corrected chi connectivity index (χ3v) is 5.85. The highest BCUT2D eigenvalue weighted by Crippen LogP contribution is 2.23. The predicted molar refractivity (Wildman–Crippen MR) is 107 cm³/mol. The molecule has 1 aliphatic rings. The Kier molecular flexibility index (Phi) is 5.21. The van der Waals surface area contributed by atoms with Crippen LogP contribution in [-0.4, -0.2) is 23.9 Å². The smallest absolute Gasteiger partial charge is 0.263 e. The van der Waals surface area contributed by atoms with Gasteiger partial charge in [-0.15, -0.1) is 11.3 Å². The SMILES string of the molecule is O=C(c1cc(COc2ccc3ccccc3c2)cs1)N1CCCCCC1. The zero-order valence-corrected chi connectivity index (χ0v) is 15.6. The van der Waals surface area contributed by atoms with Crippen LogP contribution in [0.1, 0.15) is 40.9 Å². The lowest BCUT2D eigenvalue weighted by molar-refractivity contribution is 0.0766. The van der Waals surface area contributed by atoms with Crippen LogP contribution >= 0.6 is 11.3 Å².